The average molecular weight is 642 g/mol. The van der Waals surface area contributed by atoms with Crippen LogP contribution in [-0.4, -0.2) is 23.5 Å². The second kappa shape index (κ2) is 13.4. The molecule has 2 amide bonds. The maximum absolute atomic E-state index is 13.0. The van der Waals surface area contributed by atoms with Crippen molar-refractivity contribution < 1.29 is 27.5 Å². The van der Waals surface area contributed by atoms with Crippen LogP contribution in [0.3, 0.4) is 0 Å². The number of benzene rings is 4. The van der Waals surface area contributed by atoms with Crippen molar-refractivity contribution in [2.75, 3.05) is 17.2 Å². The summed E-state index contributed by atoms with van der Waals surface area (Å²) in [5.41, 5.74) is 1.20. The third-order valence-corrected chi connectivity index (χ3v) is 6.57. The number of alkyl halides is 3. The molecule has 11 heteroatoms. The molecule has 4 aromatic carbocycles. The number of carbonyl (C=O) groups excluding carboxylic acids is 2. The zero-order valence-corrected chi connectivity index (χ0v) is 23.7. The quantitative estimate of drug-likeness (QED) is 0.174. The van der Waals surface area contributed by atoms with Crippen LogP contribution in [-0.2, 0) is 12.6 Å². The largest absolute Gasteiger partial charge is 0.492 e. The van der Waals surface area contributed by atoms with Gasteiger partial charge in [-0.1, -0.05) is 42.5 Å². The molecule has 0 bridgehead atoms. The topological polar surface area (TPSA) is 79.5 Å². The van der Waals surface area contributed by atoms with Crippen molar-refractivity contribution in [3.63, 3.8) is 0 Å². The molecular formula is C30H23BrF3N3O3S. The molecule has 0 spiro atoms. The van der Waals surface area contributed by atoms with Crippen LogP contribution in [0.15, 0.2) is 102 Å². The summed E-state index contributed by atoms with van der Waals surface area (Å²) < 4.78 is 45.3. The molecule has 0 aliphatic rings. The van der Waals surface area contributed by atoms with Gasteiger partial charge in [0, 0.05) is 28.9 Å². The van der Waals surface area contributed by atoms with Gasteiger partial charge in [0.25, 0.3) is 11.8 Å². The summed E-state index contributed by atoms with van der Waals surface area (Å²) in [4.78, 5) is 25.4. The fourth-order valence-electron chi connectivity index (χ4n) is 3.74. The highest BCUT2D eigenvalue weighted by molar-refractivity contribution is 9.10. The predicted octanol–water partition coefficient (Wildman–Crippen LogP) is 7.47. The van der Waals surface area contributed by atoms with E-state index in [1.807, 2.05) is 30.3 Å². The molecule has 0 aliphatic heterocycles. The highest BCUT2D eigenvalue weighted by Crippen LogP contribution is 2.31. The molecule has 0 atom stereocenters. The summed E-state index contributed by atoms with van der Waals surface area (Å²) in [5.74, 6) is -0.477. The SMILES string of the molecule is O=C(NC(=S)Nc1cccc(C(=O)Nc2cccc(C(F)(F)F)c2)c1)c1ccc(OCCc2ccccc2)c(Br)c1. The molecule has 41 heavy (non-hydrogen) atoms. The van der Waals surface area contributed by atoms with Crippen molar-refractivity contribution in [2.24, 2.45) is 0 Å². The van der Waals surface area contributed by atoms with E-state index < -0.39 is 23.6 Å². The number of hydrogen-bond acceptors (Lipinski definition) is 4. The molecule has 0 heterocycles. The maximum Gasteiger partial charge on any atom is 0.416 e. The monoisotopic (exact) mass is 641 g/mol. The Morgan fingerprint density at radius 2 is 1.46 bits per heavy atom. The van der Waals surface area contributed by atoms with Crippen LogP contribution in [0.1, 0.15) is 31.8 Å². The number of anilines is 2. The number of ether oxygens (including phenoxy) is 1. The molecule has 0 aromatic heterocycles. The standard InChI is InChI=1S/C30H23BrF3N3O3S/c31-25-17-21(12-13-26(25)40-15-14-19-6-2-1-3-7-19)28(39)37-29(41)36-23-10-4-8-20(16-23)27(38)35-24-11-5-9-22(18-24)30(32,33)34/h1-13,16-18H,14-15H2,(H,35,38)(H2,36,37,39,41). The van der Waals surface area contributed by atoms with E-state index in [1.54, 1.807) is 30.3 Å². The van der Waals surface area contributed by atoms with E-state index in [0.717, 1.165) is 24.1 Å². The van der Waals surface area contributed by atoms with E-state index in [1.165, 1.54) is 24.3 Å². The highest BCUT2D eigenvalue weighted by atomic mass is 79.9. The molecule has 210 valence electrons. The Hall–Kier alpha value is -4.22. The van der Waals surface area contributed by atoms with Crippen LogP contribution in [0, 0.1) is 0 Å². The van der Waals surface area contributed by atoms with Crippen LogP contribution in [0.4, 0.5) is 24.5 Å². The molecule has 0 unspecified atom stereocenters. The second-order valence-corrected chi connectivity index (χ2v) is 10.0. The van der Waals surface area contributed by atoms with Crippen molar-refractivity contribution in [3.8, 4) is 5.75 Å². The van der Waals surface area contributed by atoms with Crippen molar-refractivity contribution in [1.82, 2.24) is 5.32 Å². The lowest BCUT2D eigenvalue weighted by Gasteiger charge is -2.13. The normalized spacial score (nSPS) is 10.9. The van der Waals surface area contributed by atoms with Gasteiger partial charge in [-0.05, 0) is 88.3 Å². The van der Waals surface area contributed by atoms with Crippen LogP contribution in [0.5, 0.6) is 5.75 Å². The van der Waals surface area contributed by atoms with Gasteiger partial charge >= 0.3 is 6.18 Å². The van der Waals surface area contributed by atoms with E-state index in [-0.39, 0.29) is 16.4 Å². The number of amides is 2. The first kappa shape index (κ1) is 29.8. The Morgan fingerprint density at radius 1 is 0.780 bits per heavy atom. The number of thiocarbonyl (C=S) groups is 1. The van der Waals surface area contributed by atoms with E-state index in [0.29, 0.717) is 28.1 Å². The van der Waals surface area contributed by atoms with E-state index in [4.69, 9.17) is 17.0 Å². The molecular weight excluding hydrogens is 619 g/mol. The van der Waals surface area contributed by atoms with Crippen LogP contribution in [0.25, 0.3) is 0 Å². The number of hydrogen-bond donors (Lipinski definition) is 3. The molecule has 4 rings (SSSR count). The lowest BCUT2D eigenvalue weighted by molar-refractivity contribution is -0.137. The summed E-state index contributed by atoms with van der Waals surface area (Å²) in [5, 5.41) is 7.85. The maximum atomic E-state index is 13.0. The van der Waals surface area contributed by atoms with Crippen molar-refractivity contribution in [3.05, 3.63) is 124 Å². The number of rotatable bonds is 8. The zero-order valence-electron chi connectivity index (χ0n) is 21.3. The van der Waals surface area contributed by atoms with E-state index in [2.05, 4.69) is 31.9 Å². The molecule has 6 nitrogen and oxygen atoms in total. The van der Waals surface area contributed by atoms with Gasteiger partial charge < -0.3 is 15.4 Å². The van der Waals surface area contributed by atoms with Crippen LogP contribution < -0.4 is 20.7 Å². The van der Waals surface area contributed by atoms with Gasteiger partial charge in [-0.15, -0.1) is 0 Å². The van der Waals surface area contributed by atoms with Crippen LogP contribution in [0.2, 0.25) is 0 Å². The Kier molecular flexibility index (Phi) is 9.74. The Balaban J connectivity index is 1.31. The van der Waals surface area contributed by atoms with Gasteiger partial charge in [-0.2, -0.15) is 13.2 Å². The van der Waals surface area contributed by atoms with Gasteiger partial charge in [0.1, 0.15) is 5.75 Å². The molecule has 0 aliphatic carbocycles. The number of nitrogens with one attached hydrogen (secondary N) is 3. The summed E-state index contributed by atoms with van der Waals surface area (Å²) in [6.45, 7) is 0.471. The van der Waals surface area contributed by atoms with Gasteiger partial charge in [-0.25, -0.2) is 0 Å². The lowest BCUT2D eigenvalue weighted by Crippen LogP contribution is -2.34. The first-order chi connectivity index (χ1) is 19.6. The number of carbonyl (C=O) groups is 2. The first-order valence-corrected chi connectivity index (χ1v) is 13.5. The highest BCUT2D eigenvalue weighted by Gasteiger charge is 2.30. The van der Waals surface area contributed by atoms with Gasteiger partial charge in [-0.3, -0.25) is 14.9 Å². The van der Waals surface area contributed by atoms with E-state index in [9.17, 15) is 22.8 Å². The van der Waals surface area contributed by atoms with Gasteiger partial charge in [0.15, 0.2) is 5.11 Å². The van der Waals surface area contributed by atoms with Crippen LogP contribution >= 0.6 is 28.1 Å². The summed E-state index contributed by atoms with van der Waals surface area (Å²) in [6.07, 6.45) is -3.79. The minimum absolute atomic E-state index is 0.00439. The summed E-state index contributed by atoms with van der Waals surface area (Å²) in [6, 6.07) is 25.3. The second-order valence-electron chi connectivity index (χ2n) is 8.75. The predicted molar refractivity (Wildman–Crippen MR) is 159 cm³/mol. The molecule has 3 N–H and O–H groups in total. The zero-order chi connectivity index (χ0) is 29.4. The Labute approximate surface area is 248 Å². The fourth-order valence-corrected chi connectivity index (χ4v) is 4.44. The molecule has 0 fully saturated rings. The Bertz CT molecular complexity index is 1570. The van der Waals surface area contributed by atoms with Crippen molar-refractivity contribution >= 4 is 56.4 Å². The Morgan fingerprint density at radius 3 is 2.17 bits per heavy atom. The third kappa shape index (κ3) is 8.63. The van der Waals surface area contributed by atoms with Gasteiger partial charge in [0.05, 0.1) is 16.6 Å². The van der Waals surface area contributed by atoms with E-state index >= 15 is 0 Å². The molecule has 0 saturated carbocycles. The minimum Gasteiger partial charge on any atom is -0.492 e. The third-order valence-electron chi connectivity index (χ3n) is 5.74. The van der Waals surface area contributed by atoms with Crippen molar-refractivity contribution in [1.29, 1.82) is 0 Å². The smallest absolute Gasteiger partial charge is 0.416 e. The summed E-state index contributed by atoms with van der Waals surface area (Å²) in [7, 11) is 0. The lowest BCUT2D eigenvalue weighted by atomic mass is 10.1. The molecule has 0 saturated heterocycles. The minimum atomic E-state index is -4.53. The van der Waals surface area contributed by atoms with Crippen molar-refractivity contribution in [2.45, 2.75) is 12.6 Å². The van der Waals surface area contributed by atoms with Gasteiger partial charge in [0.2, 0.25) is 0 Å². The molecule has 4 aromatic rings. The summed E-state index contributed by atoms with van der Waals surface area (Å²) >= 11 is 8.68. The first-order valence-electron chi connectivity index (χ1n) is 12.3. The fraction of sp³-hybridized carbons (Fsp3) is 0.100. The average Bonchev–Trinajstić information content (AvgIpc) is 2.94. The molecule has 0 radical (unpaired) electrons. The number of halogens is 4.